The third-order valence-electron chi connectivity index (χ3n) is 4.09. The largest absolute Gasteiger partial charge is 0.465 e. The van der Waals surface area contributed by atoms with Gasteiger partial charge in [0.05, 0.1) is 12.7 Å². The van der Waals surface area contributed by atoms with Crippen LogP contribution in [0, 0.1) is 5.82 Å². The van der Waals surface area contributed by atoms with Crippen LogP contribution < -0.4 is 10.6 Å². The Morgan fingerprint density at radius 2 is 1.69 bits per heavy atom. The van der Waals surface area contributed by atoms with Crippen LogP contribution in [0.5, 0.6) is 0 Å². The third-order valence-corrected chi connectivity index (χ3v) is 4.09. The SMILES string of the molecule is COC(=O)c1ccc(NC(=O)c2ccc(NCCc3ccc(F)cc3)nn2)cc1. The fourth-order valence-electron chi connectivity index (χ4n) is 2.54. The fraction of sp³-hybridized carbons (Fsp3) is 0.143. The first kappa shape index (κ1) is 19.9. The molecule has 1 amide bonds. The zero-order chi connectivity index (χ0) is 20.6. The number of aromatic nitrogens is 2. The molecule has 2 aromatic carbocycles. The predicted molar refractivity (Wildman–Crippen MR) is 106 cm³/mol. The van der Waals surface area contributed by atoms with E-state index >= 15 is 0 Å². The van der Waals surface area contributed by atoms with Gasteiger partial charge in [0.2, 0.25) is 0 Å². The summed E-state index contributed by atoms with van der Waals surface area (Å²) in [5.41, 5.74) is 2.07. The zero-order valence-corrected chi connectivity index (χ0v) is 15.7. The number of carbonyl (C=O) groups excluding carboxylic acids is 2. The Morgan fingerprint density at radius 1 is 0.966 bits per heavy atom. The monoisotopic (exact) mass is 394 g/mol. The van der Waals surface area contributed by atoms with Gasteiger partial charge in [0, 0.05) is 12.2 Å². The molecule has 1 heterocycles. The van der Waals surface area contributed by atoms with E-state index in [0.29, 0.717) is 30.0 Å². The summed E-state index contributed by atoms with van der Waals surface area (Å²) in [6.45, 7) is 0.596. The highest BCUT2D eigenvalue weighted by atomic mass is 19.1. The molecule has 0 fully saturated rings. The van der Waals surface area contributed by atoms with Crippen LogP contribution in [0.2, 0.25) is 0 Å². The van der Waals surface area contributed by atoms with E-state index < -0.39 is 11.9 Å². The lowest BCUT2D eigenvalue weighted by Crippen LogP contribution is -2.15. The van der Waals surface area contributed by atoms with Gasteiger partial charge in [-0.3, -0.25) is 4.79 Å². The van der Waals surface area contributed by atoms with Gasteiger partial charge in [-0.25, -0.2) is 9.18 Å². The van der Waals surface area contributed by atoms with E-state index in [2.05, 4.69) is 25.6 Å². The number of halogens is 1. The first-order valence-corrected chi connectivity index (χ1v) is 8.87. The number of rotatable bonds is 7. The summed E-state index contributed by atoms with van der Waals surface area (Å²) >= 11 is 0. The van der Waals surface area contributed by atoms with Gasteiger partial charge >= 0.3 is 5.97 Å². The summed E-state index contributed by atoms with van der Waals surface area (Å²) in [6.07, 6.45) is 0.700. The van der Waals surface area contributed by atoms with Crippen molar-refractivity contribution in [1.82, 2.24) is 10.2 Å². The number of nitrogens with one attached hydrogen (secondary N) is 2. The zero-order valence-electron chi connectivity index (χ0n) is 15.7. The normalized spacial score (nSPS) is 10.3. The lowest BCUT2D eigenvalue weighted by atomic mass is 10.1. The molecule has 0 atom stereocenters. The summed E-state index contributed by atoms with van der Waals surface area (Å²) in [7, 11) is 1.30. The van der Waals surface area contributed by atoms with Crippen molar-refractivity contribution in [2.24, 2.45) is 0 Å². The van der Waals surface area contributed by atoms with Crippen LogP contribution in [-0.4, -0.2) is 35.7 Å². The summed E-state index contributed by atoms with van der Waals surface area (Å²) in [5.74, 6) is -0.593. The number of hydrogen-bond acceptors (Lipinski definition) is 6. The molecule has 3 aromatic rings. The third kappa shape index (κ3) is 5.58. The smallest absolute Gasteiger partial charge is 0.337 e. The number of nitrogens with zero attached hydrogens (tertiary/aromatic N) is 2. The lowest BCUT2D eigenvalue weighted by Gasteiger charge is -2.07. The molecule has 0 unspecified atom stereocenters. The minimum Gasteiger partial charge on any atom is -0.465 e. The van der Waals surface area contributed by atoms with Crippen molar-refractivity contribution in [1.29, 1.82) is 0 Å². The number of ether oxygens (including phenoxy) is 1. The summed E-state index contributed by atoms with van der Waals surface area (Å²) in [5, 5.41) is 13.7. The topological polar surface area (TPSA) is 93.2 Å². The molecule has 2 N–H and O–H groups in total. The van der Waals surface area contributed by atoms with Gasteiger partial charge < -0.3 is 15.4 Å². The van der Waals surface area contributed by atoms with Crippen LogP contribution in [0.1, 0.15) is 26.4 Å². The van der Waals surface area contributed by atoms with Crippen molar-refractivity contribution < 1.29 is 18.7 Å². The van der Waals surface area contributed by atoms with E-state index in [4.69, 9.17) is 0 Å². The fourth-order valence-corrected chi connectivity index (χ4v) is 2.54. The first-order valence-electron chi connectivity index (χ1n) is 8.87. The van der Waals surface area contributed by atoms with Crippen LogP contribution in [0.4, 0.5) is 15.9 Å². The minimum absolute atomic E-state index is 0.158. The van der Waals surface area contributed by atoms with E-state index in [9.17, 15) is 14.0 Å². The van der Waals surface area contributed by atoms with Gasteiger partial charge in [-0.1, -0.05) is 12.1 Å². The molecule has 1 aromatic heterocycles. The Bertz CT molecular complexity index is 974. The highest BCUT2D eigenvalue weighted by Crippen LogP contribution is 2.12. The van der Waals surface area contributed by atoms with Crippen molar-refractivity contribution in [2.75, 3.05) is 24.3 Å². The molecule has 7 nitrogen and oxygen atoms in total. The van der Waals surface area contributed by atoms with Crippen molar-refractivity contribution in [2.45, 2.75) is 6.42 Å². The second-order valence-corrected chi connectivity index (χ2v) is 6.13. The quantitative estimate of drug-likeness (QED) is 0.597. The second kappa shape index (κ2) is 9.41. The van der Waals surface area contributed by atoms with Crippen LogP contribution in [0.15, 0.2) is 60.7 Å². The summed E-state index contributed by atoms with van der Waals surface area (Å²) in [4.78, 5) is 23.7. The Labute approximate surface area is 166 Å². The van der Waals surface area contributed by atoms with Crippen LogP contribution in [-0.2, 0) is 11.2 Å². The number of hydrogen-bond donors (Lipinski definition) is 2. The summed E-state index contributed by atoms with van der Waals surface area (Å²) < 4.78 is 17.5. The van der Waals surface area contributed by atoms with E-state index in [1.165, 1.54) is 19.2 Å². The average molecular weight is 394 g/mol. The minimum atomic E-state index is -0.448. The molecule has 148 valence electrons. The maximum absolute atomic E-state index is 12.9. The van der Waals surface area contributed by atoms with E-state index in [1.54, 1.807) is 48.5 Å². The number of anilines is 2. The molecular weight excluding hydrogens is 375 g/mol. The van der Waals surface area contributed by atoms with Gasteiger partial charge in [-0.15, -0.1) is 10.2 Å². The van der Waals surface area contributed by atoms with Crippen molar-refractivity contribution in [3.8, 4) is 0 Å². The molecule has 0 radical (unpaired) electrons. The van der Waals surface area contributed by atoms with Gasteiger partial charge in [-0.05, 0) is 60.5 Å². The van der Waals surface area contributed by atoms with Crippen LogP contribution >= 0.6 is 0 Å². The number of carbonyl (C=O) groups is 2. The number of methoxy groups -OCH3 is 1. The standard InChI is InChI=1S/C21H19FN4O3/c1-29-21(28)15-4-8-17(9-5-15)24-20(27)18-10-11-19(26-25-18)23-13-12-14-2-6-16(22)7-3-14/h2-11H,12-13H2,1H3,(H,23,26)(H,24,27). The Morgan fingerprint density at radius 3 is 2.31 bits per heavy atom. The number of esters is 1. The van der Waals surface area contributed by atoms with Crippen molar-refractivity contribution in [3.05, 3.63) is 83.3 Å². The molecule has 0 spiro atoms. The highest BCUT2D eigenvalue weighted by molar-refractivity contribution is 6.03. The second-order valence-electron chi connectivity index (χ2n) is 6.13. The molecule has 3 rings (SSSR count). The van der Waals surface area contributed by atoms with E-state index in [-0.39, 0.29) is 11.5 Å². The van der Waals surface area contributed by atoms with Crippen LogP contribution in [0.3, 0.4) is 0 Å². The van der Waals surface area contributed by atoms with Gasteiger partial charge in [-0.2, -0.15) is 0 Å². The van der Waals surface area contributed by atoms with Gasteiger partial charge in [0.1, 0.15) is 11.6 Å². The molecule has 0 saturated heterocycles. The predicted octanol–water partition coefficient (Wildman–Crippen LogP) is 3.31. The highest BCUT2D eigenvalue weighted by Gasteiger charge is 2.10. The van der Waals surface area contributed by atoms with E-state index in [1.807, 2.05) is 0 Å². The molecule has 29 heavy (non-hydrogen) atoms. The van der Waals surface area contributed by atoms with Crippen LogP contribution in [0.25, 0.3) is 0 Å². The maximum atomic E-state index is 12.9. The first-order chi connectivity index (χ1) is 14.0. The Kier molecular flexibility index (Phi) is 6.47. The van der Waals surface area contributed by atoms with Crippen molar-refractivity contribution >= 4 is 23.4 Å². The maximum Gasteiger partial charge on any atom is 0.337 e. The molecule has 0 saturated carbocycles. The number of amides is 1. The summed E-state index contributed by atoms with van der Waals surface area (Å²) in [6, 6.07) is 15.8. The Hall–Kier alpha value is -3.81. The molecule has 0 aliphatic heterocycles. The lowest BCUT2D eigenvalue weighted by molar-refractivity contribution is 0.0600. The molecular formula is C21H19FN4O3. The number of benzene rings is 2. The molecule has 8 heteroatoms. The molecule has 0 bridgehead atoms. The van der Waals surface area contributed by atoms with Gasteiger partial charge in [0.15, 0.2) is 5.69 Å². The van der Waals surface area contributed by atoms with E-state index in [0.717, 1.165) is 5.56 Å². The molecule has 0 aliphatic carbocycles. The van der Waals surface area contributed by atoms with Gasteiger partial charge in [0.25, 0.3) is 5.91 Å². The average Bonchev–Trinajstić information content (AvgIpc) is 2.75. The molecule has 0 aliphatic rings. The Balaban J connectivity index is 1.51. The van der Waals surface area contributed by atoms with Crippen molar-refractivity contribution in [3.63, 3.8) is 0 Å².